The summed E-state index contributed by atoms with van der Waals surface area (Å²) in [6.07, 6.45) is 4.99. The van der Waals surface area contributed by atoms with E-state index in [4.69, 9.17) is 5.84 Å². The Hall–Kier alpha value is -1.85. The zero-order chi connectivity index (χ0) is 14.5. The van der Waals surface area contributed by atoms with Crippen molar-refractivity contribution in [3.63, 3.8) is 0 Å². The first-order valence-corrected chi connectivity index (χ1v) is 6.91. The van der Waals surface area contributed by atoms with Gasteiger partial charge in [0.15, 0.2) is 0 Å². The quantitative estimate of drug-likeness (QED) is 0.623. The van der Waals surface area contributed by atoms with Crippen LogP contribution in [-0.4, -0.2) is 23.9 Å². The van der Waals surface area contributed by atoms with Gasteiger partial charge in [0.2, 0.25) is 0 Å². The molecule has 5 nitrogen and oxygen atoms in total. The summed E-state index contributed by atoms with van der Waals surface area (Å²) in [6, 6.07) is 8.34. The minimum atomic E-state index is -0.0307. The zero-order valence-corrected chi connectivity index (χ0v) is 12.4. The highest BCUT2D eigenvalue weighted by atomic mass is 15.3. The minimum absolute atomic E-state index is 0.0307. The number of nitrogens with one attached hydrogen (secondary N) is 1. The van der Waals surface area contributed by atoms with E-state index in [-0.39, 0.29) is 6.04 Å². The minimum Gasteiger partial charge on any atom is -0.378 e. The van der Waals surface area contributed by atoms with E-state index in [1.54, 1.807) is 0 Å². The average molecular weight is 273 g/mol. The van der Waals surface area contributed by atoms with Crippen LogP contribution in [0.4, 0.5) is 5.69 Å². The van der Waals surface area contributed by atoms with Gasteiger partial charge >= 0.3 is 0 Å². The second-order valence-electron chi connectivity index (χ2n) is 5.12. The Morgan fingerprint density at radius 1 is 1.25 bits per heavy atom. The molecule has 0 aliphatic heterocycles. The van der Waals surface area contributed by atoms with E-state index >= 15 is 0 Å². The summed E-state index contributed by atoms with van der Waals surface area (Å²) >= 11 is 0. The van der Waals surface area contributed by atoms with Crippen molar-refractivity contribution in [2.45, 2.75) is 25.9 Å². The number of hydrazine groups is 1. The third-order valence-corrected chi connectivity index (χ3v) is 3.35. The van der Waals surface area contributed by atoms with Gasteiger partial charge < -0.3 is 4.90 Å². The highest BCUT2D eigenvalue weighted by Gasteiger charge is 2.14. The second kappa shape index (κ2) is 6.54. The lowest BCUT2D eigenvalue weighted by Crippen LogP contribution is -2.28. The Kier molecular flexibility index (Phi) is 4.76. The first-order valence-electron chi connectivity index (χ1n) is 6.91. The van der Waals surface area contributed by atoms with E-state index < -0.39 is 0 Å². The largest absolute Gasteiger partial charge is 0.378 e. The summed E-state index contributed by atoms with van der Waals surface area (Å²) in [5, 5.41) is 4.36. The molecule has 0 fully saturated rings. The number of aryl methyl sites for hydroxylation is 1. The summed E-state index contributed by atoms with van der Waals surface area (Å²) < 4.78 is 1.95. The predicted molar refractivity (Wildman–Crippen MR) is 82.5 cm³/mol. The number of hydrogen-bond donors (Lipinski definition) is 2. The summed E-state index contributed by atoms with van der Waals surface area (Å²) in [5.41, 5.74) is 6.26. The van der Waals surface area contributed by atoms with Gasteiger partial charge in [0.05, 0.1) is 12.2 Å². The van der Waals surface area contributed by atoms with Crippen LogP contribution in [0.3, 0.4) is 0 Å². The number of benzene rings is 1. The molecule has 5 heteroatoms. The number of hydrogen-bond acceptors (Lipinski definition) is 4. The number of aromatic nitrogens is 2. The maximum Gasteiger partial charge on any atom is 0.0740 e. The van der Waals surface area contributed by atoms with E-state index in [9.17, 15) is 0 Å². The molecule has 0 saturated heterocycles. The van der Waals surface area contributed by atoms with Crippen molar-refractivity contribution in [2.75, 3.05) is 19.0 Å². The molecule has 0 radical (unpaired) electrons. The fourth-order valence-corrected chi connectivity index (χ4v) is 2.23. The monoisotopic (exact) mass is 273 g/mol. The van der Waals surface area contributed by atoms with E-state index in [1.807, 2.05) is 31.2 Å². The van der Waals surface area contributed by atoms with Crippen LogP contribution >= 0.6 is 0 Å². The number of anilines is 1. The molecule has 3 N–H and O–H groups in total. The molecule has 2 rings (SSSR count). The maximum absolute atomic E-state index is 5.72. The molecule has 20 heavy (non-hydrogen) atoms. The first-order chi connectivity index (χ1) is 9.65. The molecule has 108 valence electrons. The molecule has 1 heterocycles. The van der Waals surface area contributed by atoms with E-state index in [1.165, 1.54) is 5.69 Å². The van der Waals surface area contributed by atoms with E-state index in [2.05, 4.69) is 46.6 Å². The van der Waals surface area contributed by atoms with E-state index in [0.29, 0.717) is 0 Å². The topological polar surface area (TPSA) is 59.1 Å². The molecule has 1 aromatic carbocycles. The van der Waals surface area contributed by atoms with Crippen molar-refractivity contribution in [2.24, 2.45) is 5.84 Å². The molecule has 0 bridgehead atoms. The van der Waals surface area contributed by atoms with Crippen LogP contribution in [0.25, 0.3) is 0 Å². The second-order valence-corrected chi connectivity index (χ2v) is 5.12. The molecule has 0 aliphatic rings. The molecule has 0 saturated carbocycles. The maximum atomic E-state index is 5.72. The molecular formula is C15H23N5. The number of rotatable bonds is 6. The lowest BCUT2D eigenvalue weighted by molar-refractivity contribution is 0.598. The van der Waals surface area contributed by atoms with Gasteiger partial charge in [-0.2, -0.15) is 5.10 Å². The Morgan fingerprint density at radius 3 is 2.50 bits per heavy atom. The van der Waals surface area contributed by atoms with Crippen molar-refractivity contribution >= 4 is 5.69 Å². The smallest absolute Gasteiger partial charge is 0.0740 e. The predicted octanol–water partition coefficient (Wildman–Crippen LogP) is 1.91. The normalized spacial score (nSPS) is 12.4. The van der Waals surface area contributed by atoms with Gasteiger partial charge in [0.1, 0.15) is 0 Å². The van der Waals surface area contributed by atoms with Gasteiger partial charge in [-0.1, -0.05) is 19.1 Å². The lowest BCUT2D eigenvalue weighted by Gasteiger charge is -2.17. The molecule has 0 amide bonds. The molecule has 0 spiro atoms. The van der Waals surface area contributed by atoms with Crippen LogP contribution in [-0.2, 0) is 6.54 Å². The van der Waals surface area contributed by atoms with Crippen molar-refractivity contribution in [1.82, 2.24) is 15.2 Å². The molecular weight excluding hydrogens is 250 g/mol. The zero-order valence-electron chi connectivity index (χ0n) is 12.4. The Morgan fingerprint density at radius 2 is 1.95 bits per heavy atom. The molecule has 0 aliphatic carbocycles. The number of nitrogens with zero attached hydrogens (tertiary/aromatic N) is 3. The Balaban J connectivity index is 2.22. The first kappa shape index (κ1) is 14.6. The van der Waals surface area contributed by atoms with Crippen molar-refractivity contribution < 1.29 is 0 Å². The summed E-state index contributed by atoms with van der Waals surface area (Å²) in [4.78, 5) is 2.08. The fraction of sp³-hybridized carbons (Fsp3) is 0.400. The van der Waals surface area contributed by atoms with Crippen LogP contribution in [0.15, 0.2) is 36.7 Å². The van der Waals surface area contributed by atoms with Gasteiger partial charge in [0, 0.05) is 38.1 Å². The fourth-order valence-electron chi connectivity index (χ4n) is 2.23. The third kappa shape index (κ3) is 3.18. The van der Waals surface area contributed by atoms with Crippen LogP contribution in [0.1, 0.15) is 30.5 Å². The lowest BCUT2D eigenvalue weighted by atomic mass is 10.0. The Labute approximate surface area is 120 Å². The van der Waals surface area contributed by atoms with Gasteiger partial charge in [-0.05, 0) is 24.1 Å². The van der Waals surface area contributed by atoms with Crippen molar-refractivity contribution in [3.05, 3.63) is 47.8 Å². The standard InChI is InChI=1S/C15H23N5/c1-4-9-20-11-13(10-17-20)15(18-16)12-5-7-14(8-6-12)19(2)3/h5-8,10-11,15,18H,4,9,16H2,1-3H3. The Bertz CT molecular complexity index is 529. The summed E-state index contributed by atoms with van der Waals surface area (Å²) in [6.45, 7) is 3.07. The molecule has 1 atom stereocenters. The van der Waals surface area contributed by atoms with Gasteiger partial charge in [0.25, 0.3) is 0 Å². The highest BCUT2D eigenvalue weighted by molar-refractivity contribution is 5.47. The van der Waals surface area contributed by atoms with Crippen LogP contribution in [0, 0.1) is 0 Å². The third-order valence-electron chi connectivity index (χ3n) is 3.35. The van der Waals surface area contributed by atoms with Crippen molar-refractivity contribution in [1.29, 1.82) is 0 Å². The summed E-state index contributed by atoms with van der Waals surface area (Å²) in [5.74, 6) is 5.72. The highest BCUT2D eigenvalue weighted by Crippen LogP contribution is 2.23. The van der Waals surface area contributed by atoms with Crippen molar-refractivity contribution in [3.8, 4) is 0 Å². The molecule has 2 aromatic rings. The number of nitrogens with two attached hydrogens (primary N) is 1. The van der Waals surface area contributed by atoms with Gasteiger partial charge in [-0.25, -0.2) is 5.43 Å². The molecule has 1 aromatic heterocycles. The van der Waals surface area contributed by atoms with Crippen LogP contribution in [0.5, 0.6) is 0 Å². The van der Waals surface area contributed by atoms with Gasteiger partial charge in [-0.3, -0.25) is 10.5 Å². The van der Waals surface area contributed by atoms with Crippen LogP contribution < -0.4 is 16.2 Å². The van der Waals surface area contributed by atoms with E-state index in [0.717, 1.165) is 24.1 Å². The SMILES string of the molecule is CCCn1cc(C(NN)c2ccc(N(C)C)cc2)cn1. The molecule has 1 unspecified atom stereocenters. The average Bonchev–Trinajstić information content (AvgIpc) is 2.89. The summed E-state index contributed by atoms with van der Waals surface area (Å²) in [7, 11) is 4.06. The van der Waals surface area contributed by atoms with Gasteiger partial charge in [-0.15, -0.1) is 0 Å². The van der Waals surface area contributed by atoms with Crippen LogP contribution in [0.2, 0.25) is 0 Å².